The largest absolute Gasteiger partial charge is 0.495 e. The Morgan fingerprint density at radius 2 is 1.96 bits per heavy atom. The number of aromatic nitrogens is 1. The van der Waals surface area contributed by atoms with E-state index in [0.717, 1.165) is 42.0 Å². The van der Waals surface area contributed by atoms with E-state index in [4.69, 9.17) is 4.74 Å². The van der Waals surface area contributed by atoms with E-state index in [1.165, 1.54) is 0 Å². The number of halogens is 1. The molecule has 6 nitrogen and oxygen atoms in total. The molecule has 1 unspecified atom stereocenters. The van der Waals surface area contributed by atoms with Crippen LogP contribution >= 0.6 is 15.9 Å². The molecule has 27 heavy (non-hydrogen) atoms. The molecule has 0 saturated carbocycles. The van der Waals surface area contributed by atoms with Crippen molar-refractivity contribution < 1.29 is 9.53 Å². The van der Waals surface area contributed by atoms with Crippen LogP contribution in [0.4, 0.5) is 11.5 Å². The molecule has 1 aliphatic heterocycles. The summed E-state index contributed by atoms with van der Waals surface area (Å²) < 4.78 is 6.33. The van der Waals surface area contributed by atoms with Crippen LogP contribution in [0.5, 0.6) is 5.75 Å². The summed E-state index contributed by atoms with van der Waals surface area (Å²) in [7, 11) is 1.61. The molecule has 0 radical (unpaired) electrons. The lowest BCUT2D eigenvalue weighted by molar-refractivity contribution is -0.120. The van der Waals surface area contributed by atoms with Gasteiger partial charge in [-0.25, -0.2) is 4.98 Å². The van der Waals surface area contributed by atoms with Gasteiger partial charge < -0.3 is 15.0 Å². The molecule has 1 fully saturated rings. The number of nitrogens with one attached hydrogen (secondary N) is 1. The molecule has 0 bridgehead atoms. The fraction of sp³-hybridized carbons (Fsp3) is 0.400. The molecule has 1 N–H and O–H groups in total. The van der Waals surface area contributed by atoms with Gasteiger partial charge in [0.1, 0.15) is 11.6 Å². The van der Waals surface area contributed by atoms with Gasteiger partial charge in [-0.15, -0.1) is 0 Å². The standard InChI is InChI=1S/C20H25BrN4O2/c1-14-4-6-18(27-3)17(12-14)23-20(26)15(2)24-8-10-25(11-9-24)19-7-5-16(21)13-22-19/h4-7,12-13,15H,8-11H2,1-3H3,(H,23,26). The van der Waals surface area contributed by atoms with E-state index < -0.39 is 0 Å². The van der Waals surface area contributed by atoms with E-state index in [9.17, 15) is 4.79 Å². The van der Waals surface area contributed by atoms with Crippen LogP contribution in [0.2, 0.25) is 0 Å². The third-order valence-electron chi connectivity index (χ3n) is 4.89. The molecule has 1 aliphatic rings. The molecule has 1 aromatic heterocycles. The number of carbonyl (C=O) groups excluding carboxylic acids is 1. The lowest BCUT2D eigenvalue weighted by Gasteiger charge is -2.38. The molecule has 2 heterocycles. The van der Waals surface area contributed by atoms with Gasteiger partial charge in [-0.2, -0.15) is 0 Å². The van der Waals surface area contributed by atoms with Crippen LogP contribution in [-0.4, -0.2) is 55.1 Å². The van der Waals surface area contributed by atoms with Gasteiger partial charge in [0.25, 0.3) is 0 Å². The maximum Gasteiger partial charge on any atom is 0.241 e. The Morgan fingerprint density at radius 3 is 2.59 bits per heavy atom. The predicted octanol–water partition coefficient (Wildman–Crippen LogP) is 3.31. The summed E-state index contributed by atoms with van der Waals surface area (Å²) in [6.45, 7) is 7.27. The minimum Gasteiger partial charge on any atom is -0.495 e. The molecular formula is C20H25BrN4O2. The number of amides is 1. The van der Waals surface area contributed by atoms with E-state index in [-0.39, 0.29) is 11.9 Å². The minimum atomic E-state index is -0.213. The number of hydrogen-bond acceptors (Lipinski definition) is 5. The Balaban J connectivity index is 1.58. The van der Waals surface area contributed by atoms with Crippen molar-refractivity contribution in [2.45, 2.75) is 19.9 Å². The highest BCUT2D eigenvalue weighted by molar-refractivity contribution is 9.10. The Morgan fingerprint density at radius 1 is 1.22 bits per heavy atom. The third kappa shape index (κ3) is 4.78. The number of anilines is 2. The van der Waals surface area contributed by atoms with Crippen molar-refractivity contribution in [2.24, 2.45) is 0 Å². The SMILES string of the molecule is COc1ccc(C)cc1NC(=O)C(C)N1CCN(c2ccc(Br)cn2)CC1. The van der Waals surface area contributed by atoms with E-state index in [0.29, 0.717) is 11.4 Å². The third-order valence-corrected chi connectivity index (χ3v) is 5.36. The second kappa shape index (κ2) is 8.71. The van der Waals surface area contributed by atoms with Crippen LogP contribution in [0.15, 0.2) is 41.0 Å². The normalized spacial score (nSPS) is 16.1. The highest BCUT2D eigenvalue weighted by atomic mass is 79.9. The van der Waals surface area contributed by atoms with Gasteiger partial charge in [-0.1, -0.05) is 6.07 Å². The smallest absolute Gasteiger partial charge is 0.241 e. The lowest BCUT2D eigenvalue weighted by Crippen LogP contribution is -2.53. The number of nitrogens with zero attached hydrogens (tertiary/aromatic N) is 3. The highest BCUT2D eigenvalue weighted by Crippen LogP contribution is 2.26. The number of piperazine rings is 1. The lowest BCUT2D eigenvalue weighted by atomic mass is 10.1. The van der Waals surface area contributed by atoms with E-state index in [2.05, 4.69) is 36.0 Å². The van der Waals surface area contributed by atoms with Crippen molar-refractivity contribution in [1.82, 2.24) is 9.88 Å². The van der Waals surface area contributed by atoms with E-state index >= 15 is 0 Å². The molecule has 0 aliphatic carbocycles. The summed E-state index contributed by atoms with van der Waals surface area (Å²) in [5.74, 6) is 1.63. The summed E-state index contributed by atoms with van der Waals surface area (Å²) in [5.41, 5.74) is 1.79. The van der Waals surface area contributed by atoms with Crippen molar-refractivity contribution in [3.63, 3.8) is 0 Å². The summed E-state index contributed by atoms with van der Waals surface area (Å²) in [4.78, 5) is 21.6. The molecular weight excluding hydrogens is 408 g/mol. The molecule has 1 atom stereocenters. The minimum absolute atomic E-state index is 0.0193. The van der Waals surface area contributed by atoms with Gasteiger partial charge in [0.05, 0.1) is 18.8 Å². The van der Waals surface area contributed by atoms with Gasteiger partial charge in [-0.3, -0.25) is 9.69 Å². The molecule has 1 saturated heterocycles. The second-order valence-electron chi connectivity index (χ2n) is 6.73. The summed E-state index contributed by atoms with van der Waals surface area (Å²) >= 11 is 3.41. The number of methoxy groups -OCH3 is 1. The van der Waals surface area contributed by atoms with E-state index in [1.807, 2.05) is 50.4 Å². The fourth-order valence-electron chi connectivity index (χ4n) is 3.22. The topological polar surface area (TPSA) is 57.7 Å². The zero-order valence-electron chi connectivity index (χ0n) is 15.9. The van der Waals surface area contributed by atoms with Crippen molar-refractivity contribution >= 4 is 33.3 Å². The van der Waals surface area contributed by atoms with Crippen molar-refractivity contribution in [2.75, 3.05) is 43.5 Å². The zero-order chi connectivity index (χ0) is 19.4. The molecule has 144 valence electrons. The number of rotatable bonds is 5. The van der Waals surface area contributed by atoms with Crippen LogP contribution in [-0.2, 0) is 4.79 Å². The first-order valence-electron chi connectivity index (χ1n) is 9.04. The van der Waals surface area contributed by atoms with Crippen LogP contribution in [0, 0.1) is 6.92 Å². The Kier molecular flexibility index (Phi) is 6.34. The summed E-state index contributed by atoms with van der Waals surface area (Å²) in [6.07, 6.45) is 1.81. The van der Waals surface area contributed by atoms with Crippen LogP contribution in [0.25, 0.3) is 0 Å². The zero-order valence-corrected chi connectivity index (χ0v) is 17.5. The second-order valence-corrected chi connectivity index (χ2v) is 7.64. The number of hydrogen-bond donors (Lipinski definition) is 1. The number of aryl methyl sites for hydroxylation is 1. The number of pyridine rings is 1. The average Bonchev–Trinajstić information content (AvgIpc) is 2.68. The first kappa shape index (κ1) is 19.6. The first-order chi connectivity index (χ1) is 13.0. The summed E-state index contributed by atoms with van der Waals surface area (Å²) in [6, 6.07) is 9.57. The molecule has 1 amide bonds. The van der Waals surface area contributed by atoms with Crippen molar-refractivity contribution in [1.29, 1.82) is 0 Å². The van der Waals surface area contributed by atoms with Crippen molar-refractivity contribution in [3.05, 3.63) is 46.6 Å². The Bertz CT molecular complexity index is 789. The quantitative estimate of drug-likeness (QED) is 0.784. The van der Waals surface area contributed by atoms with Gasteiger partial charge in [0, 0.05) is 36.8 Å². The van der Waals surface area contributed by atoms with E-state index in [1.54, 1.807) is 7.11 Å². The average molecular weight is 433 g/mol. The van der Waals surface area contributed by atoms with Crippen LogP contribution < -0.4 is 15.0 Å². The first-order valence-corrected chi connectivity index (χ1v) is 9.83. The van der Waals surface area contributed by atoms with Crippen LogP contribution in [0.3, 0.4) is 0 Å². The predicted molar refractivity (Wildman–Crippen MR) is 112 cm³/mol. The molecule has 2 aromatic rings. The van der Waals surface area contributed by atoms with Crippen molar-refractivity contribution in [3.8, 4) is 5.75 Å². The van der Waals surface area contributed by atoms with Gasteiger partial charge >= 0.3 is 0 Å². The molecule has 1 aromatic carbocycles. The summed E-state index contributed by atoms with van der Waals surface area (Å²) in [5, 5.41) is 3.01. The highest BCUT2D eigenvalue weighted by Gasteiger charge is 2.26. The van der Waals surface area contributed by atoms with Gasteiger partial charge in [0.2, 0.25) is 5.91 Å². The monoisotopic (exact) mass is 432 g/mol. The van der Waals surface area contributed by atoms with Gasteiger partial charge in [-0.05, 0) is 59.6 Å². The van der Waals surface area contributed by atoms with Crippen LogP contribution in [0.1, 0.15) is 12.5 Å². The number of benzene rings is 1. The Labute approximate surface area is 168 Å². The maximum absolute atomic E-state index is 12.7. The molecule has 0 spiro atoms. The Hall–Kier alpha value is -2.12. The fourth-order valence-corrected chi connectivity index (χ4v) is 3.45. The molecule has 7 heteroatoms. The molecule has 3 rings (SSSR count). The number of carbonyl (C=O) groups is 1. The number of ether oxygens (including phenoxy) is 1. The maximum atomic E-state index is 12.7. The van der Waals surface area contributed by atoms with Gasteiger partial charge in [0.15, 0.2) is 0 Å².